The molecule has 2 heterocycles. The van der Waals surface area contributed by atoms with E-state index >= 15 is 0 Å². The number of thiophene rings is 1. The number of aromatic nitrogens is 1. The van der Waals surface area contributed by atoms with Crippen molar-refractivity contribution in [3.8, 4) is 0 Å². The first-order valence-electron chi connectivity index (χ1n) is 4.75. The zero-order valence-corrected chi connectivity index (χ0v) is 11.4. The van der Waals surface area contributed by atoms with Gasteiger partial charge in [-0.3, -0.25) is 0 Å². The van der Waals surface area contributed by atoms with Gasteiger partial charge in [0.25, 0.3) is 10.0 Å². The fraction of sp³-hybridized carbons (Fsp3) is 0.222. The number of nitrogen functional groups attached to an aromatic ring is 1. The Kier molecular flexibility index (Phi) is 3.48. The van der Waals surface area contributed by atoms with Crippen molar-refractivity contribution in [2.24, 2.45) is 0 Å². The van der Waals surface area contributed by atoms with Gasteiger partial charge in [0, 0.05) is 22.6 Å². The Morgan fingerprint density at radius 2 is 2.24 bits per heavy atom. The van der Waals surface area contributed by atoms with E-state index in [2.05, 4.69) is 9.71 Å². The fourth-order valence-corrected chi connectivity index (χ4v) is 4.29. The van der Waals surface area contributed by atoms with E-state index in [9.17, 15) is 8.42 Å². The van der Waals surface area contributed by atoms with Crippen LogP contribution in [0.1, 0.15) is 18.0 Å². The molecule has 0 saturated carbocycles. The van der Waals surface area contributed by atoms with Crippen LogP contribution in [0, 0.1) is 0 Å². The quantitative estimate of drug-likeness (QED) is 0.899. The molecule has 0 bridgehead atoms. The number of nitrogens with zero attached hydrogens (tertiary/aromatic N) is 1. The monoisotopic (exact) mass is 289 g/mol. The molecule has 3 N–H and O–H groups in total. The molecule has 0 aliphatic rings. The molecule has 0 aromatic carbocycles. The molecule has 0 aliphatic carbocycles. The van der Waals surface area contributed by atoms with Crippen molar-refractivity contribution in [1.29, 1.82) is 0 Å². The third kappa shape index (κ3) is 2.83. The van der Waals surface area contributed by atoms with E-state index in [0.717, 1.165) is 16.3 Å². The second-order valence-electron chi connectivity index (χ2n) is 3.41. The highest BCUT2D eigenvalue weighted by Crippen LogP contribution is 2.24. The number of sulfonamides is 1. The second-order valence-corrected chi connectivity index (χ2v) is 7.19. The molecule has 1 atom stereocenters. The first-order chi connectivity index (χ1) is 7.99. The van der Waals surface area contributed by atoms with Crippen LogP contribution in [0.5, 0.6) is 0 Å². The molecule has 92 valence electrons. The van der Waals surface area contributed by atoms with Crippen LogP contribution >= 0.6 is 22.7 Å². The van der Waals surface area contributed by atoms with Gasteiger partial charge in [-0.05, 0) is 13.0 Å². The summed E-state index contributed by atoms with van der Waals surface area (Å²) in [6.07, 6.45) is 1.65. The van der Waals surface area contributed by atoms with Crippen molar-refractivity contribution < 1.29 is 8.42 Å². The Hall–Kier alpha value is -0.960. The second kappa shape index (κ2) is 4.73. The highest BCUT2D eigenvalue weighted by Gasteiger charge is 2.21. The standard InChI is InChI=1S/C9H11N3O2S3/c1-6(9-11-2-3-15-9)12-17(13,14)8-4-7(10)5-16-8/h2-6,12H,10H2,1H3. The first-order valence-corrected chi connectivity index (χ1v) is 7.99. The van der Waals surface area contributed by atoms with Crippen molar-refractivity contribution in [1.82, 2.24) is 9.71 Å². The lowest BCUT2D eigenvalue weighted by molar-refractivity contribution is 0.568. The maximum Gasteiger partial charge on any atom is 0.250 e. The lowest BCUT2D eigenvalue weighted by atomic mass is 10.4. The van der Waals surface area contributed by atoms with Crippen LogP contribution in [0.3, 0.4) is 0 Å². The van der Waals surface area contributed by atoms with Crippen LogP contribution in [-0.2, 0) is 10.0 Å². The van der Waals surface area contributed by atoms with Crippen molar-refractivity contribution >= 4 is 38.4 Å². The van der Waals surface area contributed by atoms with Crippen molar-refractivity contribution in [3.05, 3.63) is 28.0 Å². The average molecular weight is 289 g/mol. The molecule has 0 aliphatic heterocycles. The van der Waals surface area contributed by atoms with Crippen LogP contribution in [0.2, 0.25) is 0 Å². The molecule has 0 amide bonds. The molecule has 2 aromatic rings. The van der Waals surface area contributed by atoms with Gasteiger partial charge in [-0.25, -0.2) is 18.1 Å². The van der Waals surface area contributed by atoms with Gasteiger partial charge in [0.05, 0.1) is 6.04 Å². The maximum absolute atomic E-state index is 12.0. The average Bonchev–Trinajstić information content (AvgIpc) is 2.86. The molecular formula is C9H11N3O2S3. The number of rotatable bonds is 4. The fourth-order valence-electron chi connectivity index (χ4n) is 1.26. The molecule has 0 saturated heterocycles. The van der Waals surface area contributed by atoms with Crippen LogP contribution in [0.15, 0.2) is 27.2 Å². The zero-order chi connectivity index (χ0) is 12.5. The van der Waals surface area contributed by atoms with Gasteiger partial charge in [-0.1, -0.05) is 0 Å². The van der Waals surface area contributed by atoms with Crippen LogP contribution in [0.25, 0.3) is 0 Å². The van der Waals surface area contributed by atoms with E-state index in [-0.39, 0.29) is 10.3 Å². The van der Waals surface area contributed by atoms with E-state index in [1.54, 1.807) is 18.5 Å². The van der Waals surface area contributed by atoms with Gasteiger partial charge < -0.3 is 5.73 Å². The lowest BCUT2D eigenvalue weighted by Crippen LogP contribution is -2.26. The first kappa shape index (κ1) is 12.5. The van der Waals surface area contributed by atoms with E-state index < -0.39 is 10.0 Å². The Bertz CT molecular complexity index is 589. The van der Waals surface area contributed by atoms with E-state index in [1.807, 2.05) is 5.38 Å². The molecule has 2 rings (SSSR count). The Morgan fingerprint density at radius 1 is 1.47 bits per heavy atom. The molecule has 17 heavy (non-hydrogen) atoms. The van der Waals surface area contributed by atoms with Crippen LogP contribution in [-0.4, -0.2) is 13.4 Å². The molecule has 1 unspecified atom stereocenters. The molecule has 2 aromatic heterocycles. The Labute approximate surface area is 107 Å². The smallest absolute Gasteiger partial charge is 0.250 e. The van der Waals surface area contributed by atoms with Crippen LogP contribution < -0.4 is 10.5 Å². The highest BCUT2D eigenvalue weighted by molar-refractivity contribution is 7.91. The third-order valence-corrected chi connectivity index (χ3v) is 5.97. The van der Waals surface area contributed by atoms with Crippen LogP contribution in [0.4, 0.5) is 5.69 Å². The topological polar surface area (TPSA) is 85.1 Å². The molecule has 0 spiro atoms. The van der Waals surface area contributed by atoms with Crippen molar-refractivity contribution in [2.75, 3.05) is 5.73 Å². The highest BCUT2D eigenvalue weighted by atomic mass is 32.2. The van der Waals surface area contributed by atoms with Gasteiger partial charge in [-0.15, -0.1) is 22.7 Å². The molecular weight excluding hydrogens is 278 g/mol. The van der Waals surface area contributed by atoms with Gasteiger partial charge in [0.1, 0.15) is 9.22 Å². The van der Waals surface area contributed by atoms with E-state index in [4.69, 9.17) is 5.73 Å². The predicted molar refractivity (Wildman–Crippen MR) is 69.6 cm³/mol. The third-order valence-electron chi connectivity index (χ3n) is 2.01. The summed E-state index contributed by atoms with van der Waals surface area (Å²) >= 11 is 2.52. The zero-order valence-electron chi connectivity index (χ0n) is 8.95. The number of nitrogens with one attached hydrogen (secondary N) is 1. The summed E-state index contributed by atoms with van der Waals surface area (Å²) < 4.78 is 26.7. The molecule has 0 fully saturated rings. The molecule has 0 radical (unpaired) electrons. The van der Waals surface area contributed by atoms with Gasteiger partial charge >= 0.3 is 0 Å². The number of hydrogen-bond donors (Lipinski definition) is 2. The number of anilines is 1. The van der Waals surface area contributed by atoms with Gasteiger partial charge in [-0.2, -0.15) is 0 Å². The Balaban J connectivity index is 2.18. The summed E-state index contributed by atoms with van der Waals surface area (Å²) in [5.74, 6) is 0. The van der Waals surface area contributed by atoms with Crippen molar-refractivity contribution in [2.45, 2.75) is 17.2 Å². The SMILES string of the molecule is CC(NS(=O)(=O)c1cc(N)cs1)c1nccs1. The minimum absolute atomic E-state index is 0.221. The number of thiazole rings is 1. The normalized spacial score (nSPS) is 13.7. The predicted octanol–water partition coefficient (Wildman–Crippen LogP) is 1.83. The lowest BCUT2D eigenvalue weighted by Gasteiger charge is -2.10. The minimum atomic E-state index is -3.51. The summed E-state index contributed by atoms with van der Waals surface area (Å²) in [6, 6.07) is 1.10. The summed E-state index contributed by atoms with van der Waals surface area (Å²) in [5, 5.41) is 4.14. The van der Waals surface area contributed by atoms with Crippen molar-refractivity contribution in [3.63, 3.8) is 0 Å². The van der Waals surface area contributed by atoms with E-state index in [0.29, 0.717) is 5.69 Å². The van der Waals surface area contributed by atoms with E-state index in [1.165, 1.54) is 17.4 Å². The Morgan fingerprint density at radius 3 is 2.76 bits per heavy atom. The number of hydrogen-bond acceptors (Lipinski definition) is 6. The summed E-state index contributed by atoms with van der Waals surface area (Å²) in [7, 11) is -3.51. The van der Waals surface area contributed by atoms with Gasteiger partial charge in [0.15, 0.2) is 0 Å². The molecule has 8 heteroatoms. The maximum atomic E-state index is 12.0. The number of nitrogens with two attached hydrogens (primary N) is 1. The van der Waals surface area contributed by atoms with Gasteiger partial charge in [0.2, 0.25) is 0 Å². The minimum Gasteiger partial charge on any atom is -0.398 e. The summed E-state index contributed by atoms with van der Waals surface area (Å²) in [6.45, 7) is 1.76. The largest absolute Gasteiger partial charge is 0.398 e. The summed E-state index contributed by atoms with van der Waals surface area (Å²) in [5.41, 5.74) is 5.96. The summed E-state index contributed by atoms with van der Waals surface area (Å²) in [4.78, 5) is 4.07. The molecule has 5 nitrogen and oxygen atoms in total.